The molecule has 19 heavy (non-hydrogen) atoms. The number of hydrogen-bond acceptors (Lipinski definition) is 4. The molecule has 0 aliphatic heterocycles. The van der Waals surface area contributed by atoms with Crippen molar-refractivity contribution >= 4 is 38.3 Å². The summed E-state index contributed by atoms with van der Waals surface area (Å²) in [7, 11) is 0. The van der Waals surface area contributed by atoms with Crippen molar-refractivity contribution in [1.82, 2.24) is 15.0 Å². The van der Waals surface area contributed by atoms with Crippen LogP contribution in [-0.4, -0.2) is 15.0 Å². The van der Waals surface area contributed by atoms with E-state index in [0.717, 1.165) is 15.6 Å². The summed E-state index contributed by atoms with van der Waals surface area (Å²) in [6.07, 6.45) is 0. The van der Waals surface area contributed by atoms with Crippen molar-refractivity contribution in [1.29, 1.82) is 0 Å². The first-order valence-corrected chi connectivity index (χ1v) is 7.21. The zero-order valence-corrected chi connectivity index (χ0v) is 12.4. The normalized spacial score (nSPS) is 11.4. The fourth-order valence-corrected chi connectivity index (χ4v) is 3.09. The highest BCUT2D eigenvalue weighted by Gasteiger charge is 2.14. The topological polar surface area (TPSA) is 67.6 Å². The Morgan fingerprint density at radius 2 is 2.21 bits per heavy atom. The van der Waals surface area contributed by atoms with E-state index >= 15 is 0 Å². The second kappa shape index (κ2) is 4.66. The fourth-order valence-electron chi connectivity index (χ4n) is 1.87. The van der Waals surface area contributed by atoms with Gasteiger partial charge >= 0.3 is 0 Å². The molecule has 0 fully saturated rings. The average Bonchev–Trinajstić information content (AvgIpc) is 2.93. The zero-order chi connectivity index (χ0) is 13.6. The molecule has 0 bridgehead atoms. The van der Waals surface area contributed by atoms with Crippen molar-refractivity contribution in [2.24, 2.45) is 5.73 Å². The SMILES string of the molecule is Cc1nc(CN)sc1-c1nc2cc(Br)c(F)cc2[nH]1. The first-order valence-electron chi connectivity index (χ1n) is 5.60. The van der Waals surface area contributed by atoms with E-state index in [-0.39, 0.29) is 5.82 Å². The number of halogens is 2. The van der Waals surface area contributed by atoms with Crippen molar-refractivity contribution in [2.75, 3.05) is 0 Å². The summed E-state index contributed by atoms with van der Waals surface area (Å²) >= 11 is 4.66. The van der Waals surface area contributed by atoms with Crippen LogP contribution < -0.4 is 5.73 Å². The lowest BCUT2D eigenvalue weighted by molar-refractivity contribution is 0.623. The van der Waals surface area contributed by atoms with Gasteiger partial charge in [-0.15, -0.1) is 11.3 Å². The van der Waals surface area contributed by atoms with E-state index in [9.17, 15) is 4.39 Å². The van der Waals surface area contributed by atoms with Crippen LogP contribution in [0.2, 0.25) is 0 Å². The quantitative estimate of drug-likeness (QED) is 0.751. The van der Waals surface area contributed by atoms with Gasteiger partial charge in [0.1, 0.15) is 10.8 Å². The van der Waals surface area contributed by atoms with Gasteiger partial charge in [-0.2, -0.15) is 0 Å². The van der Waals surface area contributed by atoms with E-state index in [1.54, 1.807) is 6.07 Å². The number of nitrogens with one attached hydrogen (secondary N) is 1. The standard InChI is InChI=1S/C12H10BrFN4S/c1-5-11(19-10(4-15)16-5)12-17-8-2-6(13)7(14)3-9(8)18-12/h2-3H,4,15H2,1H3,(H,17,18). The molecule has 4 nitrogen and oxygen atoms in total. The minimum Gasteiger partial charge on any atom is -0.337 e. The molecule has 0 atom stereocenters. The van der Waals surface area contributed by atoms with Crippen LogP contribution in [0.25, 0.3) is 21.7 Å². The number of aromatic amines is 1. The van der Waals surface area contributed by atoms with Gasteiger partial charge in [-0.3, -0.25) is 0 Å². The molecule has 0 radical (unpaired) electrons. The van der Waals surface area contributed by atoms with Gasteiger partial charge in [0.2, 0.25) is 0 Å². The number of fused-ring (bicyclic) bond motifs is 1. The molecule has 1 aromatic carbocycles. The molecule has 0 spiro atoms. The van der Waals surface area contributed by atoms with E-state index < -0.39 is 0 Å². The van der Waals surface area contributed by atoms with E-state index in [2.05, 4.69) is 30.9 Å². The summed E-state index contributed by atoms with van der Waals surface area (Å²) in [5.41, 5.74) is 7.84. The Morgan fingerprint density at radius 3 is 2.89 bits per heavy atom. The Balaban J connectivity index is 2.17. The van der Waals surface area contributed by atoms with E-state index in [1.807, 2.05) is 6.92 Å². The number of benzene rings is 1. The highest BCUT2D eigenvalue weighted by Crippen LogP contribution is 2.30. The molecule has 0 saturated heterocycles. The number of imidazole rings is 1. The summed E-state index contributed by atoms with van der Waals surface area (Å²) in [5.74, 6) is 0.383. The molecule has 3 aromatic rings. The molecular weight excluding hydrogens is 331 g/mol. The Labute approximate surface area is 121 Å². The molecule has 2 heterocycles. The van der Waals surface area contributed by atoms with Crippen molar-refractivity contribution in [3.05, 3.63) is 33.1 Å². The molecule has 0 unspecified atom stereocenters. The van der Waals surface area contributed by atoms with Gasteiger partial charge in [-0.1, -0.05) is 0 Å². The first kappa shape index (κ1) is 12.7. The Hall–Kier alpha value is -1.31. The maximum Gasteiger partial charge on any atom is 0.150 e. The third kappa shape index (κ3) is 2.18. The van der Waals surface area contributed by atoms with E-state index in [1.165, 1.54) is 17.4 Å². The predicted molar refractivity (Wildman–Crippen MR) is 77.5 cm³/mol. The van der Waals surface area contributed by atoms with Gasteiger partial charge in [0.15, 0.2) is 5.82 Å². The molecule has 0 aliphatic rings. The predicted octanol–water partition coefficient (Wildman–Crippen LogP) is 3.36. The summed E-state index contributed by atoms with van der Waals surface area (Å²) in [6.45, 7) is 2.32. The molecule has 0 amide bonds. The van der Waals surface area contributed by atoms with Crippen LogP contribution in [0, 0.1) is 12.7 Å². The Bertz CT molecular complexity index is 726. The van der Waals surface area contributed by atoms with Crippen LogP contribution in [0.5, 0.6) is 0 Å². The molecule has 98 valence electrons. The fraction of sp³-hybridized carbons (Fsp3) is 0.167. The number of rotatable bonds is 2. The monoisotopic (exact) mass is 340 g/mol. The molecule has 3 rings (SSSR count). The second-order valence-electron chi connectivity index (χ2n) is 4.10. The van der Waals surface area contributed by atoms with Crippen LogP contribution in [-0.2, 0) is 6.54 Å². The largest absolute Gasteiger partial charge is 0.337 e. The van der Waals surface area contributed by atoms with Crippen LogP contribution in [0.3, 0.4) is 0 Å². The van der Waals surface area contributed by atoms with Crippen LogP contribution in [0.15, 0.2) is 16.6 Å². The third-order valence-electron chi connectivity index (χ3n) is 2.75. The van der Waals surface area contributed by atoms with E-state index in [4.69, 9.17) is 5.73 Å². The van der Waals surface area contributed by atoms with Gasteiger partial charge in [-0.25, -0.2) is 14.4 Å². The number of aryl methyl sites for hydroxylation is 1. The van der Waals surface area contributed by atoms with Gasteiger partial charge < -0.3 is 10.7 Å². The van der Waals surface area contributed by atoms with Crippen LogP contribution in [0.1, 0.15) is 10.7 Å². The maximum atomic E-state index is 13.5. The molecule has 3 N–H and O–H groups in total. The minimum absolute atomic E-state index is 0.314. The van der Waals surface area contributed by atoms with Crippen molar-refractivity contribution in [2.45, 2.75) is 13.5 Å². The van der Waals surface area contributed by atoms with Crippen molar-refractivity contribution < 1.29 is 4.39 Å². The third-order valence-corrected chi connectivity index (χ3v) is 4.55. The molecule has 0 saturated carbocycles. The lowest BCUT2D eigenvalue weighted by Gasteiger charge is -1.92. The smallest absolute Gasteiger partial charge is 0.150 e. The van der Waals surface area contributed by atoms with Crippen molar-refractivity contribution in [3.63, 3.8) is 0 Å². The number of nitrogens with zero attached hydrogens (tertiary/aromatic N) is 2. The number of nitrogens with two attached hydrogens (primary N) is 1. The number of thiazole rings is 1. The number of H-pyrrole nitrogens is 1. The molecule has 0 aliphatic carbocycles. The second-order valence-corrected chi connectivity index (χ2v) is 6.03. The lowest BCUT2D eigenvalue weighted by Crippen LogP contribution is -1.94. The summed E-state index contributed by atoms with van der Waals surface area (Å²) in [4.78, 5) is 12.9. The maximum absolute atomic E-state index is 13.5. The van der Waals surface area contributed by atoms with E-state index in [0.29, 0.717) is 27.9 Å². The van der Waals surface area contributed by atoms with Gasteiger partial charge in [0.25, 0.3) is 0 Å². The zero-order valence-electron chi connectivity index (χ0n) is 10.00. The van der Waals surface area contributed by atoms with Crippen LogP contribution >= 0.6 is 27.3 Å². The highest BCUT2D eigenvalue weighted by atomic mass is 79.9. The highest BCUT2D eigenvalue weighted by molar-refractivity contribution is 9.10. The van der Waals surface area contributed by atoms with Gasteiger partial charge in [0.05, 0.1) is 26.1 Å². The minimum atomic E-state index is -0.314. The molecular formula is C12H10BrFN4S. The first-order chi connectivity index (χ1) is 9.08. The van der Waals surface area contributed by atoms with Gasteiger partial charge in [0, 0.05) is 12.6 Å². The summed E-state index contributed by atoms with van der Waals surface area (Å²) < 4.78 is 13.9. The number of hydrogen-bond donors (Lipinski definition) is 2. The number of aromatic nitrogens is 3. The van der Waals surface area contributed by atoms with Crippen LogP contribution in [0.4, 0.5) is 4.39 Å². The average molecular weight is 341 g/mol. The molecule has 2 aromatic heterocycles. The Kier molecular flexibility index (Phi) is 3.12. The van der Waals surface area contributed by atoms with Crippen molar-refractivity contribution in [3.8, 4) is 10.7 Å². The lowest BCUT2D eigenvalue weighted by atomic mass is 10.3. The van der Waals surface area contributed by atoms with Gasteiger partial charge in [-0.05, 0) is 28.9 Å². The summed E-state index contributed by atoms with van der Waals surface area (Å²) in [5, 5.41) is 0.861. The summed E-state index contributed by atoms with van der Waals surface area (Å²) in [6, 6.07) is 3.08. The molecule has 7 heteroatoms. The Morgan fingerprint density at radius 1 is 1.42 bits per heavy atom.